The van der Waals surface area contributed by atoms with Crippen LogP contribution in [0.3, 0.4) is 0 Å². The first-order chi connectivity index (χ1) is 15.8. The molecule has 6 nitrogen and oxygen atoms in total. The van der Waals surface area contributed by atoms with Crippen molar-refractivity contribution in [3.63, 3.8) is 0 Å². The van der Waals surface area contributed by atoms with Gasteiger partial charge in [-0.15, -0.1) is 0 Å². The monoisotopic (exact) mass is 489 g/mol. The topological polar surface area (TPSA) is 69.7 Å². The Morgan fingerprint density at radius 3 is 2.27 bits per heavy atom. The molecule has 0 aromatic heterocycles. The molecule has 0 unspecified atom stereocenters. The van der Waals surface area contributed by atoms with Crippen molar-refractivity contribution in [1.29, 1.82) is 0 Å². The number of halogens is 1. The summed E-state index contributed by atoms with van der Waals surface area (Å²) in [6.45, 7) is 1.37. The summed E-state index contributed by atoms with van der Waals surface area (Å²) in [4.78, 5) is 17.7. The maximum atomic E-state index is 13.3. The van der Waals surface area contributed by atoms with Crippen molar-refractivity contribution in [2.24, 2.45) is 0 Å². The zero-order valence-corrected chi connectivity index (χ0v) is 20.6. The van der Waals surface area contributed by atoms with E-state index < -0.39 is 10.0 Å². The Morgan fingerprint density at radius 2 is 1.61 bits per heavy atom. The molecule has 1 saturated carbocycles. The summed E-state index contributed by atoms with van der Waals surface area (Å²) in [6.07, 6.45) is 7.12. The number of anilines is 1. The van der Waals surface area contributed by atoms with E-state index in [-0.39, 0.29) is 16.8 Å². The Balaban J connectivity index is 1.41. The summed E-state index contributed by atoms with van der Waals surface area (Å²) in [6, 6.07) is 14.2. The highest BCUT2D eigenvalue weighted by molar-refractivity contribution is 7.89. The van der Waals surface area contributed by atoms with E-state index in [9.17, 15) is 13.2 Å². The van der Waals surface area contributed by atoms with Crippen molar-refractivity contribution in [2.75, 3.05) is 25.0 Å². The number of benzene rings is 2. The molecule has 2 aromatic carbocycles. The van der Waals surface area contributed by atoms with Crippen LogP contribution in [0, 0.1) is 0 Å². The standard InChI is InChI=1S/C25H32ClN3O3S/c1-28(21-7-3-2-4-8-21)25(30)23-9-5-6-10-24(23)29-17-15-20(16-18-29)27-33(31,32)22-13-11-19(26)12-14-22/h5-6,9-14,20-21,27H,2-4,7-8,15-18H2,1H3. The van der Waals surface area contributed by atoms with Gasteiger partial charge in [0.2, 0.25) is 10.0 Å². The fraction of sp³-hybridized carbons (Fsp3) is 0.480. The molecule has 0 atom stereocenters. The number of rotatable bonds is 6. The SMILES string of the molecule is CN(C(=O)c1ccccc1N1CCC(NS(=O)(=O)c2ccc(Cl)cc2)CC1)C1CCCCC1. The molecule has 2 aromatic rings. The maximum absolute atomic E-state index is 13.3. The van der Waals surface area contributed by atoms with Crippen molar-refractivity contribution in [1.82, 2.24) is 9.62 Å². The van der Waals surface area contributed by atoms with Crippen molar-refractivity contribution < 1.29 is 13.2 Å². The summed E-state index contributed by atoms with van der Waals surface area (Å²) in [5, 5.41) is 0.504. The summed E-state index contributed by atoms with van der Waals surface area (Å²) in [5.41, 5.74) is 1.66. The molecule has 1 heterocycles. The molecule has 1 aliphatic carbocycles. The molecule has 8 heteroatoms. The fourth-order valence-corrected chi connectivity index (χ4v) is 6.32. The largest absolute Gasteiger partial charge is 0.371 e. The third-order valence-electron chi connectivity index (χ3n) is 6.86. The number of carbonyl (C=O) groups excluding carboxylic acids is 1. The summed E-state index contributed by atoms with van der Waals surface area (Å²) < 4.78 is 28.3. The van der Waals surface area contributed by atoms with Crippen LogP contribution in [0.15, 0.2) is 53.4 Å². The Labute approximate surface area is 202 Å². The minimum Gasteiger partial charge on any atom is -0.371 e. The number of amides is 1. The first kappa shape index (κ1) is 24.0. The molecule has 1 amide bonds. The van der Waals surface area contributed by atoms with Gasteiger partial charge in [-0.3, -0.25) is 4.79 Å². The Bertz CT molecular complexity index is 1060. The van der Waals surface area contributed by atoms with Crippen LogP contribution in [0.4, 0.5) is 5.69 Å². The second-order valence-corrected chi connectivity index (χ2v) is 11.2. The lowest BCUT2D eigenvalue weighted by atomic mass is 9.94. The van der Waals surface area contributed by atoms with Crippen LogP contribution in [-0.4, -0.2) is 51.4 Å². The molecule has 33 heavy (non-hydrogen) atoms. The summed E-state index contributed by atoms with van der Waals surface area (Å²) >= 11 is 5.88. The van der Waals surface area contributed by atoms with Crippen LogP contribution < -0.4 is 9.62 Å². The van der Waals surface area contributed by atoms with E-state index in [4.69, 9.17) is 11.6 Å². The highest BCUT2D eigenvalue weighted by Crippen LogP contribution is 2.28. The molecule has 0 radical (unpaired) electrons. The van der Waals surface area contributed by atoms with Crippen LogP contribution in [0.5, 0.6) is 0 Å². The first-order valence-corrected chi connectivity index (χ1v) is 13.6. The molecule has 4 rings (SSSR count). The lowest BCUT2D eigenvalue weighted by molar-refractivity contribution is 0.0697. The number of piperidine rings is 1. The second-order valence-electron chi connectivity index (χ2n) is 9.06. The summed E-state index contributed by atoms with van der Waals surface area (Å²) in [5.74, 6) is 0.0723. The van der Waals surface area contributed by atoms with Crippen molar-refractivity contribution in [3.05, 3.63) is 59.1 Å². The lowest BCUT2D eigenvalue weighted by Gasteiger charge is -2.36. The van der Waals surface area contributed by atoms with Gasteiger partial charge in [-0.2, -0.15) is 0 Å². The van der Waals surface area contributed by atoms with Gasteiger partial charge in [-0.1, -0.05) is 43.0 Å². The molecule has 0 spiro atoms. The van der Waals surface area contributed by atoms with E-state index in [1.807, 2.05) is 36.2 Å². The van der Waals surface area contributed by atoms with Crippen molar-refractivity contribution in [2.45, 2.75) is 61.9 Å². The second kappa shape index (κ2) is 10.5. The van der Waals surface area contributed by atoms with E-state index in [1.54, 1.807) is 12.1 Å². The van der Waals surface area contributed by atoms with Gasteiger partial charge >= 0.3 is 0 Å². The lowest BCUT2D eigenvalue weighted by Crippen LogP contribution is -2.45. The van der Waals surface area contributed by atoms with Gasteiger partial charge in [0.25, 0.3) is 5.91 Å². The molecule has 178 valence electrons. The quantitative estimate of drug-likeness (QED) is 0.639. The van der Waals surface area contributed by atoms with Gasteiger partial charge in [-0.05, 0) is 62.1 Å². The smallest absolute Gasteiger partial charge is 0.255 e. The predicted molar refractivity (Wildman–Crippen MR) is 132 cm³/mol. The number of hydrogen-bond donors (Lipinski definition) is 1. The predicted octanol–water partition coefficient (Wildman–Crippen LogP) is 4.69. The van der Waals surface area contributed by atoms with Crippen molar-refractivity contribution in [3.8, 4) is 0 Å². The Hall–Kier alpha value is -2.09. The molecule has 1 saturated heterocycles. The highest BCUT2D eigenvalue weighted by atomic mass is 35.5. The van der Waals surface area contributed by atoms with E-state index in [1.165, 1.54) is 31.4 Å². The zero-order chi connectivity index (χ0) is 23.4. The van der Waals surface area contributed by atoms with Crippen LogP contribution in [-0.2, 0) is 10.0 Å². The van der Waals surface area contributed by atoms with Gasteiger partial charge in [-0.25, -0.2) is 13.1 Å². The minimum absolute atomic E-state index is 0.0723. The van der Waals surface area contributed by atoms with Gasteiger partial charge in [0.1, 0.15) is 0 Å². The van der Waals surface area contributed by atoms with E-state index in [2.05, 4.69) is 9.62 Å². The van der Waals surface area contributed by atoms with Gasteiger partial charge in [0, 0.05) is 42.9 Å². The van der Waals surface area contributed by atoms with Crippen molar-refractivity contribution >= 4 is 33.2 Å². The Morgan fingerprint density at radius 1 is 0.970 bits per heavy atom. The molecule has 0 bridgehead atoms. The molecular weight excluding hydrogens is 458 g/mol. The number of nitrogens with zero attached hydrogens (tertiary/aromatic N) is 2. The van der Waals surface area contributed by atoms with Gasteiger partial charge < -0.3 is 9.80 Å². The third-order valence-corrected chi connectivity index (χ3v) is 8.65. The van der Waals surface area contributed by atoms with Crippen LogP contribution in [0.1, 0.15) is 55.3 Å². The third kappa shape index (κ3) is 5.70. The molecule has 2 aliphatic rings. The number of para-hydroxylation sites is 1. The van der Waals surface area contributed by atoms with Crippen LogP contribution in [0.2, 0.25) is 5.02 Å². The summed E-state index contributed by atoms with van der Waals surface area (Å²) in [7, 11) is -1.67. The average Bonchev–Trinajstić information content (AvgIpc) is 2.84. The number of hydrogen-bond acceptors (Lipinski definition) is 4. The number of sulfonamides is 1. The Kier molecular flexibility index (Phi) is 7.62. The van der Waals surface area contributed by atoms with E-state index >= 15 is 0 Å². The highest BCUT2D eigenvalue weighted by Gasteiger charge is 2.29. The zero-order valence-electron chi connectivity index (χ0n) is 19.0. The average molecular weight is 490 g/mol. The minimum atomic E-state index is -3.59. The number of nitrogens with one attached hydrogen (secondary N) is 1. The van der Waals surface area contributed by atoms with Crippen LogP contribution in [0.25, 0.3) is 0 Å². The first-order valence-electron chi connectivity index (χ1n) is 11.7. The maximum Gasteiger partial charge on any atom is 0.255 e. The van der Waals surface area contributed by atoms with Gasteiger partial charge in [0.05, 0.1) is 10.5 Å². The normalized spacial score (nSPS) is 18.3. The molecule has 2 fully saturated rings. The van der Waals surface area contributed by atoms with E-state index in [0.717, 1.165) is 24.1 Å². The molecular formula is C25H32ClN3O3S. The molecule has 1 aliphatic heterocycles. The van der Waals surface area contributed by atoms with E-state index in [0.29, 0.717) is 37.0 Å². The molecule has 1 N–H and O–H groups in total. The van der Waals surface area contributed by atoms with Crippen LogP contribution >= 0.6 is 11.6 Å². The van der Waals surface area contributed by atoms with Gasteiger partial charge in [0.15, 0.2) is 0 Å². The fourth-order valence-electron chi connectivity index (χ4n) is 4.89. The number of carbonyl (C=O) groups is 1.